The summed E-state index contributed by atoms with van der Waals surface area (Å²) in [5.74, 6) is 1.74. The Balaban J connectivity index is 1.88. The van der Waals surface area contributed by atoms with Crippen molar-refractivity contribution in [3.8, 4) is 22.6 Å². The van der Waals surface area contributed by atoms with Crippen LogP contribution in [0.1, 0.15) is 22.3 Å². The van der Waals surface area contributed by atoms with Gasteiger partial charge in [0.1, 0.15) is 11.5 Å². The summed E-state index contributed by atoms with van der Waals surface area (Å²) in [6, 6.07) is 29.4. The van der Waals surface area contributed by atoms with Crippen molar-refractivity contribution in [1.82, 2.24) is 0 Å². The Hall–Kier alpha value is -2.55. The second-order valence-corrected chi connectivity index (χ2v) is 8.43. The number of benzene rings is 4. The Labute approximate surface area is 176 Å². The fourth-order valence-electron chi connectivity index (χ4n) is 4.89. The van der Waals surface area contributed by atoms with Gasteiger partial charge >= 0.3 is 0 Å². The van der Waals surface area contributed by atoms with Crippen molar-refractivity contribution in [3.05, 3.63) is 117 Å². The van der Waals surface area contributed by atoms with Crippen molar-refractivity contribution in [2.45, 2.75) is 5.41 Å². The Morgan fingerprint density at radius 3 is 2.25 bits per heavy atom. The van der Waals surface area contributed by atoms with Crippen LogP contribution in [0.5, 0.6) is 11.5 Å². The number of rotatable bonds is 0. The highest BCUT2D eigenvalue weighted by molar-refractivity contribution is 9.10. The molecule has 4 aromatic rings. The van der Waals surface area contributed by atoms with E-state index in [-0.39, 0.29) is 0 Å². The first-order valence-corrected chi connectivity index (χ1v) is 10.3. The van der Waals surface area contributed by atoms with Crippen LogP contribution in [0.4, 0.5) is 0 Å². The third kappa shape index (κ3) is 1.87. The zero-order valence-electron chi connectivity index (χ0n) is 14.7. The first kappa shape index (κ1) is 16.4. The molecule has 0 amide bonds. The second-order valence-electron chi connectivity index (χ2n) is 7.17. The van der Waals surface area contributed by atoms with Gasteiger partial charge in [-0.1, -0.05) is 78.3 Å². The van der Waals surface area contributed by atoms with Crippen molar-refractivity contribution in [3.63, 3.8) is 0 Å². The number of hydrogen-bond acceptors (Lipinski definition) is 1. The molecule has 0 bridgehead atoms. The maximum Gasteiger partial charge on any atom is 0.146 e. The maximum atomic E-state index is 6.74. The van der Waals surface area contributed by atoms with Crippen molar-refractivity contribution in [1.29, 1.82) is 0 Å². The third-order valence-corrected chi connectivity index (χ3v) is 6.83. The number of fused-ring (bicyclic) bond motifs is 9. The number of halogens is 2. The standard InChI is InChI=1S/C25H14BrClO/c26-20-12-5-11-19-24(20)28-22-14-4-3-9-17(22)25(19)16-8-2-1-7-15(16)23-18(25)10-6-13-21(23)27/h1-14H. The quantitative estimate of drug-likeness (QED) is 0.234. The molecule has 0 fully saturated rings. The van der Waals surface area contributed by atoms with Gasteiger partial charge in [-0.2, -0.15) is 0 Å². The van der Waals surface area contributed by atoms with Gasteiger partial charge in [0.2, 0.25) is 0 Å². The molecule has 1 nitrogen and oxygen atoms in total. The average Bonchev–Trinajstić information content (AvgIpc) is 3.02. The summed E-state index contributed by atoms with van der Waals surface area (Å²) in [5.41, 5.74) is 6.57. The molecule has 1 atom stereocenters. The summed E-state index contributed by atoms with van der Waals surface area (Å²) in [7, 11) is 0. The highest BCUT2D eigenvalue weighted by Gasteiger charge is 2.51. The Kier molecular flexibility index (Phi) is 3.36. The van der Waals surface area contributed by atoms with Crippen LogP contribution in [-0.4, -0.2) is 0 Å². The zero-order chi connectivity index (χ0) is 18.9. The van der Waals surface area contributed by atoms with Crippen LogP contribution in [0.15, 0.2) is 89.4 Å². The van der Waals surface area contributed by atoms with E-state index in [0.29, 0.717) is 0 Å². The molecule has 0 N–H and O–H groups in total. The van der Waals surface area contributed by atoms with Gasteiger partial charge in [-0.25, -0.2) is 0 Å². The lowest BCUT2D eigenvalue weighted by molar-refractivity contribution is 0.433. The van der Waals surface area contributed by atoms with Crippen LogP contribution in [0.25, 0.3) is 11.1 Å². The van der Waals surface area contributed by atoms with E-state index < -0.39 is 5.41 Å². The van der Waals surface area contributed by atoms with Crippen LogP contribution in [0.3, 0.4) is 0 Å². The molecular formula is C25H14BrClO. The van der Waals surface area contributed by atoms with E-state index in [1.807, 2.05) is 30.3 Å². The smallest absolute Gasteiger partial charge is 0.146 e. The molecule has 134 valence electrons. The molecule has 3 heteroatoms. The number of hydrogen-bond donors (Lipinski definition) is 0. The average molecular weight is 446 g/mol. The lowest BCUT2D eigenvalue weighted by Crippen LogP contribution is -2.32. The lowest BCUT2D eigenvalue weighted by Gasteiger charge is -2.39. The van der Waals surface area contributed by atoms with Crippen molar-refractivity contribution < 1.29 is 4.74 Å². The molecule has 0 radical (unpaired) electrons. The minimum atomic E-state index is -0.454. The predicted octanol–water partition coefficient (Wildman–Crippen LogP) is 7.57. The van der Waals surface area contributed by atoms with Gasteiger partial charge in [-0.15, -0.1) is 0 Å². The second kappa shape index (κ2) is 5.73. The van der Waals surface area contributed by atoms with Crippen LogP contribution in [-0.2, 0) is 5.41 Å². The molecular weight excluding hydrogens is 432 g/mol. The molecule has 1 heterocycles. The van der Waals surface area contributed by atoms with Gasteiger partial charge in [0, 0.05) is 21.7 Å². The molecule has 1 aliphatic heterocycles. The maximum absolute atomic E-state index is 6.74. The Morgan fingerprint density at radius 1 is 0.679 bits per heavy atom. The van der Waals surface area contributed by atoms with Crippen molar-refractivity contribution in [2.75, 3.05) is 0 Å². The van der Waals surface area contributed by atoms with Gasteiger partial charge in [0.05, 0.1) is 9.89 Å². The molecule has 28 heavy (non-hydrogen) atoms. The predicted molar refractivity (Wildman–Crippen MR) is 117 cm³/mol. The highest BCUT2D eigenvalue weighted by Crippen LogP contribution is 2.63. The zero-order valence-corrected chi connectivity index (χ0v) is 17.1. The molecule has 0 saturated heterocycles. The van der Waals surface area contributed by atoms with E-state index in [2.05, 4.69) is 70.5 Å². The molecule has 6 rings (SSSR count). The summed E-state index contributed by atoms with van der Waals surface area (Å²) in [6.45, 7) is 0. The lowest BCUT2D eigenvalue weighted by atomic mass is 9.66. The van der Waals surface area contributed by atoms with Crippen molar-refractivity contribution in [2.24, 2.45) is 0 Å². The topological polar surface area (TPSA) is 9.23 Å². The third-order valence-electron chi connectivity index (χ3n) is 5.89. The van der Waals surface area contributed by atoms with Gasteiger partial charge in [0.25, 0.3) is 0 Å². The van der Waals surface area contributed by atoms with E-state index >= 15 is 0 Å². The van der Waals surface area contributed by atoms with Crippen LogP contribution >= 0.6 is 27.5 Å². The molecule has 1 spiro atoms. The van der Waals surface area contributed by atoms with Gasteiger partial charge in [-0.05, 0) is 50.8 Å². The molecule has 4 aromatic carbocycles. The molecule has 2 aliphatic rings. The van der Waals surface area contributed by atoms with Crippen LogP contribution in [0.2, 0.25) is 5.02 Å². The van der Waals surface area contributed by atoms with E-state index in [0.717, 1.165) is 37.7 Å². The van der Waals surface area contributed by atoms with Gasteiger partial charge in [-0.3, -0.25) is 0 Å². The summed E-state index contributed by atoms with van der Waals surface area (Å²) in [5, 5.41) is 0.780. The number of para-hydroxylation sites is 2. The molecule has 1 aliphatic carbocycles. The fraction of sp³-hybridized carbons (Fsp3) is 0.0400. The van der Waals surface area contributed by atoms with E-state index in [4.69, 9.17) is 16.3 Å². The van der Waals surface area contributed by atoms with Crippen LogP contribution < -0.4 is 4.74 Å². The molecule has 1 unspecified atom stereocenters. The highest BCUT2D eigenvalue weighted by atomic mass is 79.9. The summed E-state index contributed by atoms with van der Waals surface area (Å²) in [4.78, 5) is 0. The monoisotopic (exact) mass is 444 g/mol. The van der Waals surface area contributed by atoms with E-state index in [9.17, 15) is 0 Å². The van der Waals surface area contributed by atoms with Gasteiger partial charge in [0.15, 0.2) is 0 Å². The molecule has 0 saturated carbocycles. The van der Waals surface area contributed by atoms with Crippen molar-refractivity contribution >= 4 is 27.5 Å². The van der Waals surface area contributed by atoms with Crippen LogP contribution in [0, 0.1) is 0 Å². The number of ether oxygens (including phenoxy) is 1. The normalized spacial score (nSPS) is 18.1. The Bertz CT molecular complexity index is 1280. The Morgan fingerprint density at radius 2 is 1.36 bits per heavy atom. The van der Waals surface area contributed by atoms with E-state index in [1.54, 1.807) is 0 Å². The molecule has 0 aromatic heterocycles. The fourth-order valence-corrected chi connectivity index (χ4v) is 5.62. The summed E-state index contributed by atoms with van der Waals surface area (Å²) >= 11 is 10.5. The van der Waals surface area contributed by atoms with Gasteiger partial charge < -0.3 is 4.74 Å². The minimum absolute atomic E-state index is 0.454. The first-order chi connectivity index (χ1) is 13.7. The van der Waals surface area contributed by atoms with E-state index in [1.165, 1.54) is 16.7 Å². The summed E-state index contributed by atoms with van der Waals surface area (Å²) in [6.07, 6.45) is 0. The SMILES string of the molecule is Clc1cccc2c1-c1ccccc1C21c2ccccc2Oc2c(Br)cccc21. The summed E-state index contributed by atoms with van der Waals surface area (Å²) < 4.78 is 7.33. The first-order valence-electron chi connectivity index (χ1n) is 9.18. The minimum Gasteiger partial charge on any atom is -0.455 e. The largest absolute Gasteiger partial charge is 0.455 e.